The lowest BCUT2D eigenvalue weighted by Gasteiger charge is -2.31. The van der Waals surface area contributed by atoms with E-state index >= 15 is 0 Å². The number of carboxylic acid groups (broad SMARTS) is 1. The molecule has 4 heteroatoms. The van der Waals surface area contributed by atoms with E-state index in [0.29, 0.717) is 12.5 Å². The SMILES string of the molecule is CN(C(=O)Cc1ccc(C(=O)O)cc1)C1CCCCC1. The highest BCUT2D eigenvalue weighted by atomic mass is 16.4. The van der Waals surface area contributed by atoms with Crippen molar-refractivity contribution in [2.45, 2.75) is 44.6 Å². The second-order valence-corrected chi connectivity index (χ2v) is 5.48. The van der Waals surface area contributed by atoms with Crippen LogP contribution in [-0.4, -0.2) is 35.0 Å². The number of carbonyl (C=O) groups excluding carboxylic acids is 1. The van der Waals surface area contributed by atoms with E-state index in [4.69, 9.17) is 5.11 Å². The maximum Gasteiger partial charge on any atom is 0.335 e. The van der Waals surface area contributed by atoms with Crippen molar-refractivity contribution in [3.05, 3.63) is 35.4 Å². The molecule has 0 saturated heterocycles. The smallest absolute Gasteiger partial charge is 0.335 e. The molecule has 1 fully saturated rings. The number of carbonyl (C=O) groups is 2. The van der Waals surface area contributed by atoms with Crippen LogP contribution in [0, 0.1) is 0 Å². The largest absolute Gasteiger partial charge is 0.478 e. The molecule has 1 amide bonds. The van der Waals surface area contributed by atoms with Gasteiger partial charge in [0, 0.05) is 13.1 Å². The molecule has 0 radical (unpaired) electrons. The lowest BCUT2D eigenvalue weighted by molar-refractivity contribution is -0.131. The average molecular weight is 275 g/mol. The van der Waals surface area contributed by atoms with Crippen molar-refractivity contribution in [1.82, 2.24) is 4.90 Å². The van der Waals surface area contributed by atoms with Crippen LogP contribution in [-0.2, 0) is 11.2 Å². The molecule has 1 saturated carbocycles. The van der Waals surface area contributed by atoms with Crippen LogP contribution in [0.4, 0.5) is 0 Å². The third-order valence-corrected chi connectivity index (χ3v) is 4.07. The molecule has 1 aromatic rings. The Morgan fingerprint density at radius 1 is 1.15 bits per heavy atom. The van der Waals surface area contributed by atoms with Gasteiger partial charge in [-0.15, -0.1) is 0 Å². The Bertz CT molecular complexity index is 475. The van der Waals surface area contributed by atoms with Gasteiger partial charge in [-0.3, -0.25) is 4.79 Å². The third kappa shape index (κ3) is 3.59. The Kier molecular flexibility index (Phi) is 4.77. The zero-order valence-corrected chi connectivity index (χ0v) is 11.8. The van der Waals surface area contributed by atoms with E-state index in [1.807, 2.05) is 11.9 Å². The first kappa shape index (κ1) is 14.6. The van der Waals surface area contributed by atoms with Gasteiger partial charge in [-0.25, -0.2) is 4.79 Å². The molecule has 1 aliphatic rings. The lowest BCUT2D eigenvalue weighted by Crippen LogP contribution is -2.39. The Labute approximate surface area is 119 Å². The summed E-state index contributed by atoms with van der Waals surface area (Å²) < 4.78 is 0. The Hall–Kier alpha value is -1.84. The summed E-state index contributed by atoms with van der Waals surface area (Å²) in [7, 11) is 1.88. The quantitative estimate of drug-likeness (QED) is 0.919. The third-order valence-electron chi connectivity index (χ3n) is 4.07. The summed E-state index contributed by atoms with van der Waals surface area (Å²) in [6.45, 7) is 0. The van der Waals surface area contributed by atoms with Crippen LogP contribution in [0.3, 0.4) is 0 Å². The summed E-state index contributed by atoms with van der Waals surface area (Å²) in [6, 6.07) is 6.90. The molecule has 2 rings (SSSR count). The second kappa shape index (κ2) is 6.55. The Morgan fingerprint density at radius 3 is 2.30 bits per heavy atom. The highest BCUT2D eigenvalue weighted by Gasteiger charge is 2.21. The van der Waals surface area contributed by atoms with E-state index in [1.165, 1.54) is 19.3 Å². The standard InChI is InChI=1S/C16H21NO3/c1-17(14-5-3-2-4-6-14)15(18)11-12-7-9-13(10-8-12)16(19)20/h7-10,14H,2-6,11H2,1H3,(H,19,20). The predicted octanol–water partition coefficient (Wildman–Crippen LogP) is 2.72. The fourth-order valence-corrected chi connectivity index (χ4v) is 2.74. The number of rotatable bonds is 4. The van der Waals surface area contributed by atoms with Gasteiger partial charge < -0.3 is 10.0 Å². The van der Waals surface area contributed by atoms with E-state index in [2.05, 4.69) is 0 Å². The van der Waals surface area contributed by atoms with E-state index in [-0.39, 0.29) is 11.5 Å². The molecule has 4 nitrogen and oxygen atoms in total. The molecule has 20 heavy (non-hydrogen) atoms. The van der Waals surface area contributed by atoms with Crippen molar-refractivity contribution >= 4 is 11.9 Å². The van der Waals surface area contributed by atoms with Gasteiger partial charge in [0.05, 0.1) is 12.0 Å². The van der Waals surface area contributed by atoms with Crippen LogP contribution in [0.2, 0.25) is 0 Å². The summed E-state index contributed by atoms with van der Waals surface area (Å²) in [5.74, 6) is -0.831. The molecular formula is C16H21NO3. The van der Waals surface area contributed by atoms with Crippen molar-refractivity contribution in [3.63, 3.8) is 0 Å². The first-order valence-corrected chi connectivity index (χ1v) is 7.16. The molecule has 108 valence electrons. The van der Waals surface area contributed by atoms with Gasteiger partial charge in [0.15, 0.2) is 0 Å². The Morgan fingerprint density at radius 2 is 1.75 bits per heavy atom. The van der Waals surface area contributed by atoms with Crippen LogP contribution in [0.25, 0.3) is 0 Å². The molecular weight excluding hydrogens is 254 g/mol. The van der Waals surface area contributed by atoms with E-state index in [1.54, 1.807) is 24.3 Å². The van der Waals surface area contributed by atoms with E-state index in [9.17, 15) is 9.59 Å². The highest BCUT2D eigenvalue weighted by molar-refractivity contribution is 5.87. The van der Waals surface area contributed by atoms with Crippen molar-refractivity contribution in [1.29, 1.82) is 0 Å². The number of carboxylic acids is 1. The van der Waals surface area contributed by atoms with Gasteiger partial charge in [-0.2, -0.15) is 0 Å². The van der Waals surface area contributed by atoms with Gasteiger partial charge >= 0.3 is 5.97 Å². The number of hydrogen-bond donors (Lipinski definition) is 1. The van der Waals surface area contributed by atoms with E-state index < -0.39 is 5.97 Å². The number of amides is 1. The van der Waals surface area contributed by atoms with Crippen LogP contribution in [0.15, 0.2) is 24.3 Å². The molecule has 0 heterocycles. The molecule has 0 spiro atoms. The van der Waals surface area contributed by atoms with Crippen molar-refractivity contribution in [2.24, 2.45) is 0 Å². The van der Waals surface area contributed by atoms with Gasteiger partial charge in [0.2, 0.25) is 5.91 Å². The monoisotopic (exact) mass is 275 g/mol. The van der Waals surface area contributed by atoms with Crippen LogP contribution < -0.4 is 0 Å². The first-order chi connectivity index (χ1) is 9.58. The molecule has 0 atom stereocenters. The zero-order chi connectivity index (χ0) is 14.5. The molecule has 1 N–H and O–H groups in total. The number of nitrogens with zero attached hydrogens (tertiary/aromatic N) is 1. The fraction of sp³-hybridized carbons (Fsp3) is 0.500. The summed E-state index contributed by atoms with van der Waals surface area (Å²) in [5, 5.41) is 8.84. The second-order valence-electron chi connectivity index (χ2n) is 5.48. The van der Waals surface area contributed by atoms with Crippen LogP contribution in [0.1, 0.15) is 48.0 Å². The lowest BCUT2D eigenvalue weighted by atomic mass is 9.94. The van der Waals surface area contributed by atoms with Gasteiger partial charge in [-0.1, -0.05) is 31.4 Å². The topological polar surface area (TPSA) is 57.6 Å². The van der Waals surface area contributed by atoms with Gasteiger partial charge in [0.1, 0.15) is 0 Å². The number of likely N-dealkylation sites (N-methyl/N-ethyl adjacent to an activating group) is 1. The van der Waals surface area contributed by atoms with Crippen molar-refractivity contribution in [2.75, 3.05) is 7.05 Å². The molecule has 0 unspecified atom stereocenters. The minimum Gasteiger partial charge on any atom is -0.478 e. The molecule has 1 aromatic carbocycles. The predicted molar refractivity (Wildman–Crippen MR) is 76.7 cm³/mol. The summed E-state index contributed by atoms with van der Waals surface area (Å²) in [4.78, 5) is 24.9. The summed E-state index contributed by atoms with van der Waals surface area (Å²) >= 11 is 0. The Balaban J connectivity index is 1.94. The molecule has 0 aromatic heterocycles. The number of benzene rings is 1. The minimum absolute atomic E-state index is 0.111. The van der Waals surface area contributed by atoms with Crippen molar-refractivity contribution in [3.8, 4) is 0 Å². The number of hydrogen-bond acceptors (Lipinski definition) is 2. The fourth-order valence-electron chi connectivity index (χ4n) is 2.74. The maximum absolute atomic E-state index is 12.2. The van der Waals surface area contributed by atoms with Crippen molar-refractivity contribution < 1.29 is 14.7 Å². The number of aromatic carboxylic acids is 1. The molecule has 0 aliphatic heterocycles. The average Bonchev–Trinajstić information content (AvgIpc) is 2.48. The van der Waals surface area contributed by atoms with Gasteiger partial charge in [0.25, 0.3) is 0 Å². The normalized spacial score (nSPS) is 15.8. The minimum atomic E-state index is -0.942. The highest BCUT2D eigenvalue weighted by Crippen LogP contribution is 2.22. The van der Waals surface area contributed by atoms with E-state index in [0.717, 1.165) is 18.4 Å². The first-order valence-electron chi connectivity index (χ1n) is 7.16. The summed E-state index contributed by atoms with van der Waals surface area (Å²) in [5.41, 5.74) is 1.12. The summed E-state index contributed by atoms with van der Waals surface area (Å²) in [6.07, 6.45) is 6.22. The molecule has 1 aliphatic carbocycles. The van der Waals surface area contributed by atoms with Crippen LogP contribution in [0.5, 0.6) is 0 Å². The molecule has 0 bridgehead atoms. The zero-order valence-electron chi connectivity index (χ0n) is 11.8. The van der Waals surface area contributed by atoms with Gasteiger partial charge in [-0.05, 0) is 30.5 Å². The maximum atomic E-state index is 12.2. The van der Waals surface area contributed by atoms with Crippen LogP contribution >= 0.6 is 0 Å².